The van der Waals surface area contributed by atoms with E-state index in [2.05, 4.69) is 0 Å². The third kappa shape index (κ3) is 3.12. The summed E-state index contributed by atoms with van der Waals surface area (Å²) < 4.78 is 76.4. The molecular formula is C14H9F6N. The van der Waals surface area contributed by atoms with Crippen molar-refractivity contribution in [3.63, 3.8) is 0 Å². The van der Waals surface area contributed by atoms with E-state index in [4.69, 9.17) is 5.73 Å². The number of rotatable bonds is 1. The van der Waals surface area contributed by atoms with Crippen molar-refractivity contribution in [2.45, 2.75) is 12.4 Å². The summed E-state index contributed by atoms with van der Waals surface area (Å²) in [6.45, 7) is 0. The van der Waals surface area contributed by atoms with Crippen LogP contribution in [0.5, 0.6) is 0 Å². The minimum absolute atomic E-state index is 0.0200. The quantitative estimate of drug-likeness (QED) is 0.584. The average molecular weight is 305 g/mol. The van der Waals surface area contributed by atoms with Gasteiger partial charge < -0.3 is 5.73 Å². The summed E-state index contributed by atoms with van der Waals surface area (Å²) in [6.07, 6.45) is -9.25. The van der Waals surface area contributed by atoms with Gasteiger partial charge in [0.15, 0.2) is 0 Å². The number of halogens is 6. The number of alkyl halides is 6. The van der Waals surface area contributed by atoms with Crippen LogP contribution in [0.4, 0.5) is 32.0 Å². The normalized spacial score (nSPS) is 12.5. The summed E-state index contributed by atoms with van der Waals surface area (Å²) in [7, 11) is 0. The summed E-state index contributed by atoms with van der Waals surface area (Å²) in [5.74, 6) is 0. The second-order valence-electron chi connectivity index (χ2n) is 4.34. The van der Waals surface area contributed by atoms with Crippen LogP contribution in [0.1, 0.15) is 11.1 Å². The summed E-state index contributed by atoms with van der Waals surface area (Å²) in [6, 6.07) is 7.18. The van der Waals surface area contributed by atoms with E-state index in [0.717, 1.165) is 18.2 Å². The van der Waals surface area contributed by atoms with Crippen molar-refractivity contribution in [1.29, 1.82) is 0 Å². The van der Waals surface area contributed by atoms with Crippen LogP contribution in [0.15, 0.2) is 42.5 Å². The lowest BCUT2D eigenvalue weighted by molar-refractivity contribution is -0.138. The number of hydrogen-bond acceptors (Lipinski definition) is 1. The molecule has 21 heavy (non-hydrogen) atoms. The van der Waals surface area contributed by atoms with Crippen LogP contribution in [0.2, 0.25) is 0 Å². The standard InChI is InChI=1S/C14H9F6N/c15-13(16,17)10-4-2-1-3-9(10)8-5-6-11(12(21)7-8)14(18,19)20/h1-7H,21H2. The molecule has 0 radical (unpaired) electrons. The van der Waals surface area contributed by atoms with Gasteiger partial charge in [0.1, 0.15) is 0 Å². The molecule has 0 saturated carbocycles. The van der Waals surface area contributed by atoms with Crippen LogP contribution in [-0.2, 0) is 12.4 Å². The third-order valence-corrected chi connectivity index (χ3v) is 2.90. The van der Waals surface area contributed by atoms with Gasteiger partial charge in [0.2, 0.25) is 0 Å². The van der Waals surface area contributed by atoms with E-state index in [1.807, 2.05) is 0 Å². The molecule has 0 saturated heterocycles. The Morgan fingerprint density at radius 1 is 0.714 bits per heavy atom. The fourth-order valence-corrected chi connectivity index (χ4v) is 1.97. The minimum Gasteiger partial charge on any atom is -0.398 e. The Labute approximate surface area is 116 Å². The first-order valence-electron chi connectivity index (χ1n) is 5.74. The van der Waals surface area contributed by atoms with Gasteiger partial charge in [-0.05, 0) is 29.3 Å². The molecule has 0 aliphatic heterocycles. The molecule has 0 aliphatic carbocycles. The molecule has 112 valence electrons. The molecule has 0 aromatic heterocycles. The average Bonchev–Trinajstić information content (AvgIpc) is 2.36. The van der Waals surface area contributed by atoms with Crippen LogP contribution < -0.4 is 5.73 Å². The number of anilines is 1. The first-order chi connectivity index (χ1) is 9.60. The molecule has 0 aliphatic rings. The highest BCUT2D eigenvalue weighted by Crippen LogP contribution is 2.40. The van der Waals surface area contributed by atoms with Gasteiger partial charge in [0.25, 0.3) is 0 Å². The van der Waals surface area contributed by atoms with Gasteiger partial charge in [0, 0.05) is 5.69 Å². The van der Waals surface area contributed by atoms with Gasteiger partial charge in [-0.1, -0.05) is 24.3 Å². The van der Waals surface area contributed by atoms with E-state index < -0.39 is 29.2 Å². The van der Waals surface area contributed by atoms with Crippen molar-refractivity contribution in [3.05, 3.63) is 53.6 Å². The van der Waals surface area contributed by atoms with Crippen molar-refractivity contribution in [2.75, 3.05) is 5.73 Å². The highest BCUT2D eigenvalue weighted by molar-refractivity contribution is 5.72. The zero-order valence-electron chi connectivity index (χ0n) is 10.4. The Bertz CT molecular complexity index is 657. The minimum atomic E-state index is -4.65. The molecule has 2 aromatic carbocycles. The van der Waals surface area contributed by atoms with E-state index in [9.17, 15) is 26.3 Å². The van der Waals surface area contributed by atoms with Crippen LogP contribution in [0, 0.1) is 0 Å². The van der Waals surface area contributed by atoms with Crippen LogP contribution in [-0.4, -0.2) is 0 Å². The van der Waals surface area contributed by atoms with Gasteiger partial charge in [-0.2, -0.15) is 26.3 Å². The highest BCUT2D eigenvalue weighted by Gasteiger charge is 2.35. The Morgan fingerprint density at radius 2 is 1.29 bits per heavy atom. The van der Waals surface area contributed by atoms with E-state index in [1.165, 1.54) is 18.2 Å². The fraction of sp³-hybridized carbons (Fsp3) is 0.143. The Kier molecular flexibility index (Phi) is 3.61. The molecule has 7 heteroatoms. The monoisotopic (exact) mass is 305 g/mol. The van der Waals surface area contributed by atoms with Gasteiger partial charge in [-0.3, -0.25) is 0 Å². The molecule has 0 heterocycles. The smallest absolute Gasteiger partial charge is 0.398 e. The number of hydrogen-bond donors (Lipinski definition) is 1. The summed E-state index contributed by atoms with van der Waals surface area (Å²) in [5.41, 5.74) is 2.45. The zero-order chi connectivity index (χ0) is 15.8. The molecule has 0 bridgehead atoms. The topological polar surface area (TPSA) is 26.0 Å². The summed E-state index contributed by atoms with van der Waals surface area (Å²) in [4.78, 5) is 0. The predicted octanol–water partition coefficient (Wildman–Crippen LogP) is 4.97. The molecule has 0 fully saturated rings. The second kappa shape index (κ2) is 4.98. The van der Waals surface area contributed by atoms with Crippen molar-refractivity contribution in [2.24, 2.45) is 0 Å². The van der Waals surface area contributed by atoms with E-state index >= 15 is 0 Å². The van der Waals surface area contributed by atoms with Crippen molar-refractivity contribution >= 4 is 5.69 Å². The third-order valence-electron chi connectivity index (χ3n) is 2.90. The second-order valence-corrected chi connectivity index (χ2v) is 4.34. The van der Waals surface area contributed by atoms with Crippen molar-refractivity contribution in [3.8, 4) is 11.1 Å². The van der Waals surface area contributed by atoms with Gasteiger partial charge in [-0.25, -0.2) is 0 Å². The van der Waals surface area contributed by atoms with E-state index in [-0.39, 0.29) is 11.1 Å². The van der Waals surface area contributed by atoms with Crippen LogP contribution >= 0.6 is 0 Å². The maximum atomic E-state index is 12.9. The van der Waals surface area contributed by atoms with Crippen LogP contribution in [0.3, 0.4) is 0 Å². The number of benzene rings is 2. The maximum Gasteiger partial charge on any atom is 0.418 e. The highest BCUT2D eigenvalue weighted by atomic mass is 19.4. The molecule has 1 nitrogen and oxygen atoms in total. The van der Waals surface area contributed by atoms with Gasteiger partial charge >= 0.3 is 12.4 Å². The van der Waals surface area contributed by atoms with Crippen molar-refractivity contribution < 1.29 is 26.3 Å². The number of nitrogen functional groups attached to an aromatic ring is 1. The Balaban J connectivity index is 2.57. The van der Waals surface area contributed by atoms with Crippen LogP contribution in [0.25, 0.3) is 11.1 Å². The van der Waals surface area contributed by atoms with E-state index in [0.29, 0.717) is 6.07 Å². The lowest BCUT2D eigenvalue weighted by atomic mass is 9.97. The lowest BCUT2D eigenvalue weighted by Gasteiger charge is -2.15. The maximum absolute atomic E-state index is 12.9. The summed E-state index contributed by atoms with van der Waals surface area (Å²) >= 11 is 0. The van der Waals surface area contributed by atoms with Crippen molar-refractivity contribution in [1.82, 2.24) is 0 Å². The SMILES string of the molecule is Nc1cc(-c2ccccc2C(F)(F)F)ccc1C(F)(F)F. The molecule has 0 unspecified atom stereocenters. The van der Waals surface area contributed by atoms with E-state index in [1.54, 1.807) is 0 Å². The fourth-order valence-electron chi connectivity index (χ4n) is 1.97. The lowest BCUT2D eigenvalue weighted by Crippen LogP contribution is -2.10. The molecule has 2 aromatic rings. The largest absolute Gasteiger partial charge is 0.418 e. The molecule has 0 amide bonds. The Hall–Kier alpha value is -2.18. The zero-order valence-corrected chi connectivity index (χ0v) is 10.4. The van der Waals surface area contributed by atoms with Gasteiger partial charge in [-0.15, -0.1) is 0 Å². The molecule has 0 atom stereocenters. The molecule has 0 spiro atoms. The molecular weight excluding hydrogens is 296 g/mol. The molecule has 2 rings (SSSR count). The first-order valence-corrected chi connectivity index (χ1v) is 5.74. The summed E-state index contributed by atoms with van der Waals surface area (Å²) in [5, 5.41) is 0. The predicted molar refractivity (Wildman–Crippen MR) is 66.3 cm³/mol. The number of nitrogens with two attached hydrogens (primary N) is 1. The first kappa shape index (κ1) is 15.2. The Morgan fingerprint density at radius 3 is 1.81 bits per heavy atom. The van der Waals surface area contributed by atoms with Gasteiger partial charge in [0.05, 0.1) is 11.1 Å². The molecule has 2 N–H and O–H groups in total.